The average Bonchev–Trinajstić information content (AvgIpc) is 3.07. The molecular weight excluding hydrogens is 240 g/mol. The molecule has 0 saturated carbocycles. The molecule has 1 fully saturated rings. The molecule has 100 valence electrons. The van der Waals surface area contributed by atoms with Gasteiger partial charge < -0.3 is 14.6 Å². The lowest BCUT2D eigenvalue weighted by Crippen LogP contribution is -2.27. The highest BCUT2D eigenvalue weighted by atomic mass is 16.5. The van der Waals surface area contributed by atoms with E-state index in [2.05, 4.69) is 4.98 Å². The smallest absolute Gasteiger partial charge is 0.270 e. The Morgan fingerprint density at radius 2 is 2.11 bits per heavy atom. The lowest BCUT2D eigenvalue weighted by Gasteiger charge is -2.13. The summed E-state index contributed by atoms with van der Waals surface area (Å²) in [5.74, 6) is 0.934. The Balaban J connectivity index is 1.90. The molecule has 0 bridgehead atoms. The van der Waals surface area contributed by atoms with Gasteiger partial charge in [-0.05, 0) is 38.0 Å². The second-order valence-corrected chi connectivity index (χ2v) is 4.86. The highest BCUT2D eigenvalue weighted by Crippen LogP contribution is 2.23. The van der Waals surface area contributed by atoms with Crippen LogP contribution < -0.4 is 4.74 Å². The number of benzene rings is 1. The van der Waals surface area contributed by atoms with Crippen molar-refractivity contribution in [3.8, 4) is 5.75 Å². The van der Waals surface area contributed by atoms with Gasteiger partial charge in [-0.25, -0.2) is 0 Å². The summed E-state index contributed by atoms with van der Waals surface area (Å²) < 4.78 is 5.47. The third-order valence-corrected chi connectivity index (χ3v) is 3.53. The summed E-state index contributed by atoms with van der Waals surface area (Å²) in [4.78, 5) is 17.4. The minimum Gasteiger partial charge on any atom is -0.494 e. The maximum atomic E-state index is 12.3. The molecule has 4 heteroatoms. The molecule has 1 amide bonds. The molecule has 1 saturated heterocycles. The number of carbonyl (C=O) groups excluding carboxylic acids is 1. The summed E-state index contributed by atoms with van der Waals surface area (Å²) in [5, 5.41) is 1.05. The van der Waals surface area contributed by atoms with Crippen molar-refractivity contribution in [3.63, 3.8) is 0 Å². The van der Waals surface area contributed by atoms with Crippen LogP contribution in [0.5, 0.6) is 5.75 Å². The summed E-state index contributed by atoms with van der Waals surface area (Å²) in [6.07, 6.45) is 2.22. The zero-order valence-corrected chi connectivity index (χ0v) is 11.1. The van der Waals surface area contributed by atoms with Crippen molar-refractivity contribution >= 4 is 16.8 Å². The van der Waals surface area contributed by atoms with E-state index in [-0.39, 0.29) is 5.91 Å². The minimum atomic E-state index is 0.103. The average molecular weight is 258 g/mol. The molecule has 19 heavy (non-hydrogen) atoms. The molecule has 2 heterocycles. The standard InChI is InChI=1S/C15H18N2O2/c1-2-19-12-6-5-11-9-14(16-13(11)10-12)15(18)17-7-3-4-8-17/h5-6,9-10,16H,2-4,7-8H2,1H3. The molecule has 1 aliphatic heterocycles. The van der Waals surface area contributed by atoms with Crippen LogP contribution in [0.3, 0.4) is 0 Å². The number of rotatable bonds is 3. The number of aromatic amines is 1. The van der Waals surface area contributed by atoms with Crippen molar-refractivity contribution in [2.75, 3.05) is 19.7 Å². The highest BCUT2D eigenvalue weighted by Gasteiger charge is 2.20. The molecule has 4 nitrogen and oxygen atoms in total. The van der Waals surface area contributed by atoms with E-state index < -0.39 is 0 Å². The number of nitrogens with one attached hydrogen (secondary N) is 1. The van der Waals surface area contributed by atoms with Crippen LogP contribution >= 0.6 is 0 Å². The largest absolute Gasteiger partial charge is 0.494 e. The summed E-state index contributed by atoms with van der Waals surface area (Å²) in [6, 6.07) is 7.78. The Labute approximate surface area is 112 Å². The lowest BCUT2D eigenvalue weighted by atomic mass is 10.2. The minimum absolute atomic E-state index is 0.103. The van der Waals surface area contributed by atoms with E-state index in [0.717, 1.165) is 42.6 Å². The number of likely N-dealkylation sites (tertiary alicyclic amines) is 1. The van der Waals surface area contributed by atoms with Gasteiger partial charge in [-0.2, -0.15) is 0 Å². The third-order valence-electron chi connectivity index (χ3n) is 3.53. The molecule has 0 spiro atoms. The fourth-order valence-electron chi connectivity index (χ4n) is 2.57. The molecule has 1 aromatic carbocycles. The molecule has 1 aliphatic rings. The fourth-order valence-corrected chi connectivity index (χ4v) is 2.57. The van der Waals surface area contributed by atoms with E-state index in [1.54, 1.807) is 0 Å². The second kappa shape index (κ2) is 4.96. The number of fused-ring (bicyclic) bond motifs is 1. The first-order valence-corrected chi connectivity index (χ1v) is 6.83. The molecule has 0 atom stereocenters. The molecular formula is C15H18N2O2. The van der Waals surface area contributed by atoms with Crippen molar-refractivity contribution in [1.82, 2.24) is 9.88 Å². The molecule has 0 unspecified atom stereocenters. The summed E-state index contributed by atoms with van der Waals surface area (Å²) in [6.45, 7) is 4.35. The van der Waals surface area contributed by atoms with Crippen LogP contribution in [-0.2, 0) is 0 Å². The number of amides is 1. The maximum absolute atomic E-state index is 12.3. The maximum Gasteiger partial charge on any atom is 0.270 e. The van der Waals surface area contributed by atoms with E-state index in [0.29, 0.717) is 12.3 Å². The second-order valence-electron chi connectivity index (χ2n) is 4.86. The molecule has 1 aromatic heterocycles. The molecule has 0 aliphatic carbocycles. The normalized spacial score (nSPS) is 15.1. The zero-order chi connectivity index (χ0) is 13.2. The van der Waals surface area contributed by atoms with Gasteiger partial charge in [0.05, 0.1) is 6.61 Å². The van der Waals surface area contributed by atoms with Crippen LogP contribution in [0.1, 0.15) is 30.3 Å². The Kier molecular flexibility index (Phi) is 3.15. The summed E-state index contributed by atoms with van der Waals surface area (Å²) >= 11 is 0. The van der Waals surface area contributed by atoms with Gasteiger partial charge in [-0.15, -0.1) is 0 Å². The van der Waals surface area contributed by atoms with E-state index >= 15 is 0 Å². The molecule has 2 aromatic rings. The quantitative estimate of drug-likeness (QED) is 0.920. The SMILES string of the molecule is CCOc1ccc2cc(C(=O)N3CCCC3)[nH]c2c1. The van der Waals surface area contributed by atoms with Crippen molar-refractivity contribution in [2.24, 2.45) is 0 Å². The fraction of sp³-hybridized carbons (Fsp3) is 0.400. The van der Waals surface area contributed by atoms with Gasteiger partial charge in [0.25, 0.3) is 5.91 Å². The summed E-state index contributed by atoms with van der Waals surface area (Å²) in [7, 11) is 0. The van der Waals surface area contributed by atoms with Crippen LogP contribution in [0.25, 0.3) is 10.9 Å². The number of aromatic nitrogens is 1. The van der Waals surface area contributed by atoms with Crippen LogP contribution in [-0.4, -0.2) is 35.5 Å². The van der Waals surface area contributed by atoms with E-state index in [1.165, 1.54) is 0 Å². The highest BCUT2D eigenvalue weighted by molar-refractivity contribution is 5.98. The van der Waals surface area contributed by atoms with Gasteiger partial charge in [-0.3, -0.25) is 4.79 Å². The predicted octanol–water partition coefficient (Wildman–Crippen LogP) is 2.80. The van der Waals surface area contributed by atoms with E-state index in [1.807, 2.05) is 36.1 Å². The van der Waals surface area contributed by atoms with Gasteiger partial charge >= 0.3 is 0 Å². The van der Waals surface area contributed by atoms with Gasteiger partial charge in [0, 0.05) is 30.1 Å². The number of ether oxygens (including phenoxy) is 1. The van der Waals surface area contributed by atoms with Crippen molar-refractivity contribution < 1.29 is 9.53 Å². The monoisotopic (exact) mass is 258 g/mol. The van der Waals surface area contributed by atoms with Crippen molar-refractivity contribution in [1.29, 1.82) is 0 Å². The van der Waals surface area contributed by atoms with Gasteiger partial charge in [0.1, 0.15) is 11.4 Å². The van der Waals surface area contributed by atoms with Gasteiger partial charge in [-0.1, -0.05) is 0 Å². The molecule has 3 rings (SSSR count). The number of hydrogen-bond donors (Lipinski definition) is 1. The van der Waals surface area contributed by atoms with Gasteiger partial charge in [0.2, 0.25) is 0 Å². The van der Waals surface area contributed by atoms with Gasteiger partial charge in [0.15, 0.2) is 0 Å². The van der Waals surface area contributed by atoms with Crippen LogP contribution in [0.4, 0.5) is 0 Å². The van der Waals surface area contributed by atoms with Crippen molar-refractivity contribution in [2.45, 2.75) is 19.8 Å². The van der Waals surface area contributed by atoms with E-state index in [9.17, 15) is 4.79 Å². The first-order chi connectivity index (χ1) is 9.28. The first kappa shape index (κ1) is 12.1. The number of hydrogen-bond acceptors (Lipinski definition) is 2. The molecule has 0 radical (unpaired) electrons. The number of nitrogens with zero attached hydrogens (tertiary/aromatic N) is 1. The summed E-state index contributed by atoms with van der Waals surface area (Å²) in [5.41, 5.74) is 1.62. The number of carbonyl (C=O) groups is 1. The Hall–Kier alpha value is -1.97. The third kappa shape index (κ3) is 2.30. The topological polar surface area (TPSA) is 45.3 Å². The van der Waals surface area contributed by atoms with Crippen LogP contribution in [0.2, 0.25) is 0 Å². The number of H-pyrrole nitrogens is 1. The van der Waals surface area contributed by atoms with E-state index in [4.69, 9.17) is 4.74 Å². The van der Waals surface area contributed by atoms with Crippen LogP contribution in [0.15, 0.2) is 24.3 Å². The van der Waals surface area contributed by atoms with Crippen molar-refractivity contribution in [3.05, 3.63) is 30.0 Å². The predicted molar refractivity (Wildman–Crippen MR) is 74.6 cm³/mol. The lowest BCUT2D eigenvalue weighted by molar-refractivity contribution is 0.0788. The first-order valence-electron chi connectivity index (χ1n) is 6.83. The molecule has 1 N–H and O–H groups in total. The Bertz CT molecular complexity index is 597. The Morgan fingerprint density at radius 3 is 2.84 bits per heavy atom. The van der Waals surface area contributed by atoms with Crippen LogP contribution in [0, 0.1) is 0 Å². The Morgan fingerprint density at radius 1 is 1.32 bits per heavy atom. The zero-order valence-electron chi connectivity index (χ0n) is 11.1.